The lowest BCUT2D eigenvalue weighted by Gasteiger charge is -2.36. The molecule has 1 saturated heterocycles. The predicted molar refractivity (Wildman–Crippen MR) is 93.0 cm³/mol. The molecule has 24 heavy (non-hydrogen) atoms. The molecule has 1 aliphatic heterocycles. The molecule has 126 valence electrons. The van der Waals surface area contributed by atoms with E-state index in [0.29, 0.717) is 24.3 Å². The smallest absolute Gasteiger partial charge is 0.253 e. The number of hydrogen-bond acceptors (Lipinski definition) is 4. The highest BCUT2D eigenvalue weighted by atomic mass is 16.5. The van der Waals surface area contributed by atoms with E-state index in [0.717, 1.165) is 24.5 Å². The van der Waals surface area contributed by atoms with Gasteiger partial charge in [0.25, 0.3) is 5.91 Å². The molecule has 1 amide bonds. The lowest BCUT2D eigenvalue weighted by atomic mass is 10.1. The number of aromatic nitrogens is 1. The summed E-state index contributed by atoms with van der Waals surface area (Å²) in [5, 5.41) is 3.44. The quantitative estimate of drug-likeness (QED) is 0.938. The van der Waals surface area contributed by atoms with Gasteiger partial charge in [-0.1, -0.05) is 6.07 Å². The number of piperazine rings is 1. The Morgan fingerprint density at radius 1 is 1.17 bits per heavy atom. The van der Waals surface area contributed by atoms with Crippen LogP contribution in [0, 0.1) is 0 Å². The molecule has 1 aromatic heterocycles. The summed E-state index contributed by atoms with van der Waals surface area (Å²) in [4.78, 5) is 18.8. The fraction of sp³-hybridized carbons (Fsp3) is 0.368. The second-order valence-corrected chi connectivity index (χ2v) is 6.31. The average Bonchev–Trinajstić information content (AvgIpc) is 2.60. The van der Waals surface area contributed by atoms with Crippen molar-refractivity contribution >= 4 is 5.91 Å². The summed E-state index contributed by atoms with van der Waals surface area (Å²) >= 11 is 0. The van der Waals surface area contributed by atoms with Crippen LogP contribution in [0.1, 0.15) is 29.9 Å². The highest BCUT2D eigenvalue weighted by molar-refractivity contribution is 5.94. The zero-order chi connectivity index (χ0) is 16.9. The summed E-state index contributed by atoms with van der Waals surface area (Å²) in [5.74, 6) is 0.811. The molecule has 2 heterocycles. The molecule has 0 spiro atoms. The second kappa shape index (κ2) is 7.45. The van der Waals surface area contributed by atoms with Crippen molar-refractivity contribution in [3.8, 4) is 5.75 Å². The Morgan fingerprint density at radius 3 is 2.50 bits per heavy atom. The van der Waals surface area contributed by atoms with E-state index < -0.39 is 0 Å². The molecule has 1 aromatic carbocycles. The SMILES string of the molecule is C[C@@H]1CN(C(=O)c2ccc(OCc3ccccn3)cc2)C[C@H](C)N1. The van der Waals surface area contributed by atoms with Crippen LogP contribution in [0.3, 0.4) is 0 Å². The number of hydrogen-bond donors (Lipinski definition) is 1. The van der Waals surface area contributed by atoms with E-state index in [2.05, 4.69) is 24.1 Å². The van der Waals surface area contributed by atoms with Crippen molar-refractivity contribution in [2.24, 2.45) is 0 Å². The first-order chi connectivity index (χ1) is 11.6. The number of pyridine rings is 1. The molecule has 0 radical (unpaired) electrons. The summed E-state index contributed by atoms with van der Waals surface area (Å²) in [6, 6.07) is 13.7. The van der Waals surface area contributed by atoms with Gasteiger partial charge >= 0.3 is 0 Å². The maximum Gasteiger partial charge on any atom is 0.253 e. The maximum atomic E-state index is 12.6. The third-order valence-corrected chi connectivity index (χ3v) is 4.06. The summed E-state index contributed by atoms with van der Waals surface area (Å²) in [7, 11) is 0. The van der Waals surface area contributed by atoms with Crippen LogP contribution in [0.4, 0.5) is 0 Å². The van der Waals surface area contributed by atoms with Crippen LogP contribution in [-0.4, -0.2) is 41.0 Å². The zero-order valence-electron chi connectivity index (χ0n) is 14.1. The lowest BCUT2D eigenvalue weighted by Crippen LogP contribution is -2.55. The number of nitrogens with one attached hydrogen (secondary N) is 1. The number of nitrogens with zero attached hydrogens (tertiary/aromatic N) is 2. The minimum Gasteiger partial charge on any atom is -0.487 e. The third-order valence-electron chi connectivity index (χ3n) is 4.06. The summed E-state index contributed by atoms with van der Waals surface area (Å²) in [6.45, 7) is 6.10. The highest BCUT2D eigenvalue weighted by Crippen LogP contribution is 2.16. The Balaban J connectivity index is 1.60. The molecule has 0 unspecified atom stereocenters. The number of carbonyl (C=O) groups is 1. The molecule has 0 bridgehead atoms. The Kier molecular flexibility index (Phi) is 5.11. The number of rotatable bonds is 4. The number of ether oxygens (including phenoxy) is 1. The molecule has 0 aliphatic carbocycles. The van der Waals surface area contributed by atoms with Crippen molar-refractivity contribution in [1.82, 2.24) is 15.2 Å². The van der Waals surface area contributed by atoms with Gasteiger partial charge in [0.2, 0.25) is 0 Å². The molecule has 5 nitrogen and oxygen atoms in total. The number of amides is 1. The van der Waals surface area contributed by atoms with E-state index in [9.17, 15) is 4.79 Å². The van der Waals surface area contributed by atoms with Gasteiger partial charge in [-0.3, -0.25) is 9.78 Å². The maximum absolute atomic E-state index is 12.6. The van der Waals surface area contributed by atoms with E-state index in [1.165, 1.54) is 0 Å². The van der Waals surface area contributed by atoms with Gasteiger partial charge in [0.15, 0.2) is 0 Å². The molecule has 1 N–H and O–H groups in total. The predicted octanol–water partition coefficient (Wildman–Crippen LogP) is 2.48. The molecule has 0 saturated carbocycles. The molecule has 2 aromatic rings. The van der Waals surface area contributed by atoms with Gasteiger partial charge in [0.05, 0.1) is 5.69 Å². The van der Waals surface area contributed by atoms with Crippen LogP contribution in [-0.2, 0) is 6.61 Å². The van der Waals surface area contributed by atoms with Gasteiger partial charge < -0.3 is 15.0 Å². The fourth-order valence-electron chi connectivity index (χ4n) is 3.01. The largest absolute Gasteiger partial charge is 0.487 e. The lowest BCUT2D eigenvalue weighted by molar-refractivity contribution is 0.0673. The van der Waals surface area contributed by atoms with Crippen LogP contribution in [0.5, 0.6) is 5.75 Å². The zero-order valence-corrected chi connectivity index (χ0v) is 14.1. The van der Waals surface area contributed by atoms with Gasteiger partial charge in [0.1, 0.15) is 12.4 Å². The second-order valence-electron chi connectivity index (χ2n) is 6.31. The summed E-state index contributed by atoms with van der Waals surface area (Å²) < 4.78 is 5.71. The first-order valence-corrected chi connectivity index (χ1v) is 8.30. The first kappa shape index (κ1) is 16.5. The van der Waals surface area contributed by atoms with E-state index >= 15 is 0 Å². The van der Waals surface area contributed by atoms with Gasteiger partial charge in [-0.25, -0.2) is 0 Å². The highest BCUT2D eigenvalue weighted by Gasteiger charge is 2.25. The fourth-order valence-corrected chi connectivity index (χ4v) is 3.01. The number of carbonyl (C=O) groups excluding carboxylic acids is 1. The van der Waals surface area contributed by atoms with Crippen molar-refractivity contribution in [1.29, 1.82) is 0 Å². The third kappa shape index (κ3) is 4.11. The van der Waals surface area contributed by atoms with E-state index in [-0.39, 0.29) is 5.91 Å². The van der Waals surface area contributed by atoms with E-state index in [1.807, 2.05) is 47.4 Å². The molecule has 1 fully saturated rings. The number of benzene rings is 1. The molecular weight excluding hydrogens is 302 g/mol. The molecule has 2 atom stereocenters. The topological polar surface area (TPSA) is 54.5 Å². The Labute approximate surface area is 142 Å². The van der Waals surface area contributed by atoms with Crippen LogP contribution in [0.25, 0.3) is 0 Å². The monoisotopic (exact) mass is 325 g/mol. The van der Waals surface area contributed by atoms with Gasteiger partial charge in [-0.2, -0.15) is 0 Å². The molecule has 1 aliphatic rings. The van der Waals surface area contributed by atoms with Crippen LogP contribution in [0.15, 0.2) is 48.7 Å². The van der Waals surface area contributed by atoms with Crippen LogP contribution in [0.2, 0.25) is 0 Å². The molecule has 5 heteroatoms. The molecule has 3 rings (SSSR count). The summed E-state index contributed by atoms with van der Waals surface area (Å²) in [5.41, 5.74) is 1.57. The summed E-state index contributed by atoms with van der Waals surface area (Å²) in [6.07, 6.45) is 1.75. The average molecular weight is 325 g/mol. The van der Waals surface area contributed by atoms with Crippen molar-refractivity contribution in [2.75, 3.05) is 13.1 Å². The Hall–Kier alpha value is -2.40. The van der Waals surface area contributed by atoms with E-state index in [1.54, 1.807) is 6.20 Å². The van der Waals surface area contributed by atoms with Crippen LogP contribution < -0.4 is 10.1 Å². The van der Waals surface area contributed by atoms with E-state index in [4.69, 9.17) is 4.74 Å². The first-order valence-electron chi connectivity index (χ1n) is 8.30. The standard InChI is InChI=1S/C19H23N3O2/c1-14-11-22(12-15(2)21-14)19(23)16-6-8-18(9-7-16)24-13-17-5-3-4-10-20-17/h3-10,14-15,21H,11-13H2,1-2H3/t14-,15+. The minimum atomic E-state index is 0.0754. The van der Waals surface area contributed by atoms with Crippen LogP contribution >= 0.6 is 0 Å². The van der Waals surface area contributed by atoms with Crippen molar-refractivity contribution in [3.63, 3.8) is 0 Å². The van der Waals surface area contributed by atoms with Gasteiger partial charge in [-0.15, -0.1) is 0 Å². The normalized spacial score (nSPS) is 20.7. The molecular formula is C19H23N3O2. The van der Waals surface area contributed by atoms with Gasteiger partial charge in [-0.05, 0) is 50.2 Å². The van der Waals surface area contributed by atoms with Crippen molar-refractivity contribution < 1.29 is 9.53 Å². The Bertz CT molecular complexity index is 663. The minimum absolute atomic E-state index is 0.0754. The van der Waals surface area contributed by atoms with Crippen molar-refractivity contribution in [3.05, 3.63) is 59.9 Å². The Morgan fingerprint density at radius 2 is 1.88 bits per heavy atom. The van der Waals surface area contributed by atoms with Gasteiger partial charge in [0, 0.05) is 36.9 Å². The van der Waals surface area contributed by atoms with Crippen molar-refractivity contribution in [2.45, 2.75) is 32.5 Å².